The molecule has 0 atom stereocenters. The summed E-state index contributed by atoms with van der Waals surface area (Å²) in [5, 5.41) is 11.3. The maximum Gasteiger partial charge on any atom is 0.319 e. The first-order chi connectivity index (χ1) is 19.3. The van der Waals surface area contributed by atoms with Crippen LogP contribution in [-0.4, -0.2) is 64.3 Å². The molecule has 40 heavy (non-hydrogen) atoms. The predicted molar refractivity (Wildman–Crippen MR) is 147 cm³/mol. The molecule has 2 aliphatic heterocycles. The number of hydrogen-bond acceptors (Lipinski definition) is 7. The second-order valence-electron chi connectivity index (χ2n) is 10.2. The summed E-state index contributed by atoms with van der Waals surface area (Å²) in [6.45, 7) is 2.13. The summed E-state index contributed by atoms with van der Waals surface area (Å²) in [6, 6.07) is 5.36. The highest BCUT2D eigenvalue weighted by molar-refractivity contribution is 6.03. The normalized spacial score (nSPS) is 16.8. The molecular formula is C30H26F3N5O2. The van der Waals surface area contributed by atoms with Gasteiger partial charge in [0.05, 0.1) is 17.5 Å². The van der Waals surface area contributed by atoms with Crippen LogP contribution in [0.15, 0.2) is 42.4 Å². The molecule has 1 fully saturated rings. The van der Waals surface area contributed by atoms with E-state index in [0.29, 0.717) is 24.2 Å². The fraction of sp³-hybridized carbons (Fsp3) is 0.300. The molecule has 0 spiro atoms. The molecule has 0 saturated carbocycles. The van der Waals surface area contributed by atoms with Gasteiger partial charge in [-0.05, 0) is 56.0 Å². The number of nitrogens with zero attached hydrogens (tertiary/aromatic N) is 5. The Bertz CT molecular complexity index is 1710. The third-order valence-corrected chi connectivity index (χ3v) is 7.44. The first-order valence-electron chi connectivity index (χ1n) is 13.1. The summed E-state index contributed by atoms with van der Waals surface area (Å²) in [4.78, 5) is 17.3. The topological polar surface area (TPSA) is 74.6 Å². The van der Waals surface area contributed by atoms with Crippen molar-refractivity contribution in [3.05, 3.63) is 59.6 Å². The van der Waals surface area contributed by atoms with Gasteiger partial charge in [0, 0.05) is 36.8 Å². The van der Waals surface area contributed by atoms with E-state index in [2.05, 4.69) is 25.8 Å². The van der Waals surface area contributed by atoms with Gasteiger partial charge in [-0.15, -0.1) is 6.42 Å². The SMILES string of the molecule is C#Cc1c(F)ccc2cc(O)cc(-c3ncc4c(N5CCC=C(F)C5)nc(OC5CCN(C)CC5)nc4c3F)c12. The quantitative estimate of drug-likeness (QED) is 0.347. The van der Waals surface area contributed by atoms with Crippen LogP contribution in [0.2, 0.25) is 0 Å². The number of benzene rings is 2. The summed E-state index contributed by atoms with van der Waals surface area (Å²) in [5.74, 6) is 0.704. The van der Waals surface area contributed by atoms with Crippen LogP contribution in [0.5, 0.6) is 11.8 Å². The van der Waals surface area contributed by atoms with E-state index in [-0.39, 0.29) is 63.3 Å². The van der Waals surface area contributed by atoms with Crippen LogP contribution in [0.25, 0.3) is 32.9 Å². The maximum atomic E-state index is 16.4. The number of aromatic hydroxyl groups is 1. The van der Waals surface area contributed by atoms with E-state index in [1.165, 1.54) is 36.5 Å². The average Bonchev–Trinajstić information content (AvgIpc) is 2.94. The summed E-state index contributed by atoms with van der Waals surface area (Å²) < 4.78 is 51.5. The molecule has 0 amide bonds. The van der Waals surface area contributed by atoms with Crippen molar-refractivity contribution < 1.29 is 23.0 Å². The summed E-state index contributed by atoms with van der Waals surface area (Å²) in [5.41, 5.74) is -0.205. The standard InChI is InChI=1S/C30H26F3N5O2/c1-3-21-24(32)7-6-17-13-19(39)14-22(25(17)21)27-26(33)28-23(15-34-27)29(38-10-4-5-18(31)16-38)36-30(35-28)40-20-8-11-37(2)12-9-20/h1,5-7,13-15,20,39H,4,8-12,16H2,2H3. The molecule has 0 radical (unpaired) electrons. The van der Waals surface area contributed by atoms with Crippen LogP contribution in [0.1, 0.15) is 24.8 Å². The summed E-state index contributed by atoms with van der Waals surface area (Å²) in [6.07, 6.45) is 10.4. The van der Waals surface area contributed by atoms with Gasteiger partial charge in [0.15, 0.2) is 5.82 Å². The van der Waals surface area contributed by atoms with Crippen molar-refractivity contribution in [2.24, 2.45) is 0 Å². The molecule has 0 bridgehead atoms. The lowest BCUT2D eigenvalue weighted by molar-refractivity contribution is 0.105. The Hall–Kier alpha value is -4.36. The fourth-order valence-corrected chi connectivity index (χ4v) is 5.39. The van der Waals surface area contributed by atoms with Crippen molar-refractivity contribution in [1.29, 1.82) is 0 Å². The zero-order valence-corrected chi connectivity index (χ0v) is 21.8. The van der Waals surface area contributed by atoms with Crippen LogP contribution < -0.4 is 9.64 Å². The van der Waals surface area contributed by atoms with Gasteiger partial charge in [0.1, 0.15) is 40.5 Å². The van der Waals surface area contributed by atoms with E-state index in [0.717, 1.165) is 25.9 Å². The number of halogens is 3. The Morgan fingerprint density at radius 1 is 1.10 bits per heavy atom. The largest absolute Gasteiger partial charge is 0.508 e. The number of likely N-dealkylation sites (tertiary alicyclic amines) is 1. The number of anilines is 1. The van der Waals surface area contributed by atoms with E-state index >= 15 is 4.39 Å². The lowest BCUT2D eigenvalue weighted by Crippen LogP contribution is -2.36. The average molecular weight is 546 g/mol. The first kappa shape index (κ1) is 25.9. The third kappa shape index (κ3) is 4.67. The van der Waals surface area contributed by atoms with Crippen molar-refractivity contribution in [3.8, 4) is 35.4 Å². The van der Waals surface area contributed by atoms with E-state index in [1.807, 2.05) is 7.05 Å². The van der Waals surface area contributed by atoms with Gasteiger partial charge in [0.25, 0.3) is 0 Å². The number of fused-ring (bicyclic) bond motifs is 2. The van der Waals surface area contributed by atoms with Crippen molar-refractivity contribution in [2.75, 3.05) is 38.1 Å². The molecule has 10 heteroatoms. The summed E-state index contributed by atoms with van der Waals surface area (Å²) in [7, 11) is 2.03. The molecule has 0 aliphatic carbocycles. The van der Waals surface area contributed by atoms with Gasteiger partial charge < -0.3 is 19.6 Å². The van der Waals surface area contributed by atoms with Crippen LogP contribution >= 0.6 is 0 Å². The molecule has 0 unspecified atom stereocenters. The number of phenols is 1. The van der Waals surface area contributed by atoms with Gasteiger partial charge >= 0.3 is 6.01 Å². The number of terminal acetylenes is 1. The van der Waals surface area contributed by atoms with Crippen molar-refractivity contribution >= 4 is 27.5 Å². The van der Waals surface area contributed by atoms with Crippen molar-refractivity contribution in [3.63, 3.8) is 0 Å². The number of aromatic nitrogens is 3. The molecule has 4 heterocycles. The molecule has 1 saturated heterocycles. The van der Waals surface area contributed by atoms with Crippen molar-refractivity contribution in [1.82, 2.24) is 19.9 Å². The van der Waals surface area contributed by atoms with Gasteiger partial charge in [-0.1, -0.05) is 12.0 Å². The minimum atomic E-state index is -0.818. The Morgan fingerprint density at radius 3 is 2.65 bits per heavy atom. The van der Waals surface area contributed by atoms with Gasteiger partial charge in [-0.3, -0.25) is 4.98 Å². The highest BCUT2D eigenvalue weighted by atomic mass is 19.1. The monoisotopic (exact) mass is 545 g/mol. The van der Waals surface area contributed by atoms with Crippen LogP contribution in [0, 0.1) is 24.0 Å². The minimum absolute atomic E-state index is 0.0146. The zero-order chi connectivity index (χ0) is 28.0. The van der Waals surface area contributed by atoms with E-state index in [9.17, 15) is 13.9 Å². The smallest absolute Gasteiger partial charge is 0.319 e. The predicted octanol–water partition coefficient (Wildman–Crippen LogP) is 5.35. The van der Waals surface area contributed by atoms with Crippen LogP contribution in [0.3, 0.4) is 0 Å². The number of rotatable bonds is 4. The van der Waals surface area contributed by atoms with Gasteiger partial charge in [0.2, 0.25) is 0 Å². The molecule has 2 aromatic heterocycles. The Morgan fingerprint density at radius 2 is 1.90 bits per heavy atom. The Balaban J connectivity index is 1.55. The molecule has 7 nitrogen and oxygen atoms in total. The first-order valence-corrected chi connectivity index (χ1v) is 13.1. The van der Waals surface area contributed by atoms with E-state index in [1.54, 1.807) is 4.90 Å². The number of hydrogen-bond donors (Lipinski definition) is 1. The lowest BCUT2D eigenvalue weighted by Gasteiger charge is -2.30. The Kier molecular flexibility index (Phi) is 6.68. The zero-order valence-electron chi connectivity index (χ0n) is 21.8. The second-order valence-corrected chi connectivity index (χ2v) is 10.2. The number of piperidine rings is 1. The van der Waals surface area contributed by atoms with E-state index in [4.69, 9.17) is 11.2 Å². The molecule has 1 N–H and O–H groups in total. The molecule has 6 rings (SSSR count). The minimum Gasteiger partial charge on any atom is -0.508 e. The molecule has 2 aliphatic rings. The number of pyridine rings is 1. The third-order valence-electron chi connectivity index (χ3n) is 7.44. The molecule has 4 aromatic rings. The van der Waals surface area contributed by atoms with Gasteiger partial charge in [-0.25, -0.2) is 13.2 Å². The molecular weight excluding hydrogens is 519 g/mol. The molecule has 2 aromatic carbocycles. The highest BCUT2D eigenvalue weighted by Gasteiger charge is 2.26. The lowest BCUT2D eigenvalue weighted by atomic mass is 9.96. The van der Waals surface area contributed by atoms with Gasteiger partial charge in [-0.2, -0.15) is 9.97 Å². The summed E-state index contributed by atoms with van der Waals surface area (Å²) >= 11 is 0. The Labute approximate surface area is 228 Å². The fourth-order valence-electron chi connectivity index (χ4n) is 5.39. The second kappa shape index (κ2) is 10.3. The van der Waals surface area contributed by atoms with Crippen LogP contribution in [-0.2, 0) is 0 Å². The maximum absolute atomic E-state index is 16.4. The number of ether oxygens (including phenoxy) is 1. The van der Waals surface area contributed by atoms with Crippen molar-refractivity contribution in [2.45, 2.75) is 25.4 Å². The highest BCUT2D eigenvalue weighted by Crippen LogP contribution is 2.39. The molecule has 204 valence electrons. The van der Waals surface area contributed by atoms with Crippen LogP contribution in [0.4, 0.5) is 19.0 Å². The number of phenolic OH excluding ortho intramolecular Hbond substituents is 1. The van der Waals surface area contributed by atoms with E-state index < -0.39 is 11.6 Å².